The van der Waals surface area contributed by atoms with Crippen molar-refractivity contribution in [1.82, 2.24) is 4.90 Å². The molecule has 0 saturated carbocycles. The van der Waals surface area contributed by atoms with Gasteiger partial charge in [-0.25, -0.2) is 0 Å². The van der Waals surface area contributed by atoms with E-state index in [2.05, 4.69) is 4.90 Å². The van der Waals surface area contributed by atoms with Crippen LogP contribution in [-0.2, 0) is 14.2 Å². The van der Waals surface area contributed by atoms with Gasteiger partial charge in [0.15, 0.2) is 6.29 Å². The third kappa shape index (κ3) is 6.95. The number of likely N-dealkylation sites (N-methyl/N-ethyl adjacent to an activating group) is 1. The summed E-state index contributed by atoms with van der Waals surface area (Å²) < 4.78 is 15.1. The zero-order chi connectivity index (χ0) is 10.1. The topological polar surface area (TPSA) is 30.9 Å². The number of methoxy groups -OCH3 is 3. The lowest BCUT2D eigenvalue weighted by Crippen LogP contribution is -2.32. The summed E-state index contributed by atoms with van der Waals surface area (Å²) >= 11 is 0. The maximum atomic E-state index is 5.08. The molecule has 4 nitrogen and oxygen atoms in total. The lowest BCUT2D eigenvalue weighted by atomic mass is 10.4. The van der Waals surface area contributed by atoms with E-state index < -0.39 is 0 Å². The number of hydrogen-bond acceptors (Lipinski definition) is 4. The van der Waals surface area contributed by atoms with Crippen LogP contribution in [-0.4, -0.2) is 59.3 Å². The van der Waals surface area contributed by atoms with Gasteiger partial charge in [0.1, 0.15) is 0 Å². The molecule has 0 bridgehead atoms. The smallest absolute Gasteiger partial charge is 0.169 e. The lowest BCUT2D eigenvalue weighted by Gasteiger charge is -2.21. The van der Waals surface area contributed by atoms with Gasteiger partial charge in [-0.05, 0) is 13.5 Å². The standard InChI is InChI=1S/C9H21NO3/c1-10(6-5-7-11-2)8-9(12-3)13-4/h9H,5-8H2,1-4H3. The van der Waals surface area contributed by atoms with Crippen LogP contribution in [0.3, 0.4) is 0 Å². The summed E-state index contributed by atoms with van der Waals surface area (Å²) in [5.74, 6) is 0. The molecule has 0 rings (SSSR count). The molecule has 0 fully saturated rings. The molecule has 0 amide bonds. The second-order valence-corrected chi connectivity index (χ2v) is 3.01. The van der Waals surface area contributed by atoms with Gasteiger partial charge in [0.2, 0.25) is 0 Å². The largest absolute Gasteiger partial charge is 0.385 e. The fourth-order valence-corrected chi connectivity index (χ4v) is 1.07. The normalized spacial score (nSPS) is 11.5. The Kier molecular flexibility index (Phi) is 8.33. The van der Waals surface area contributed by atoms with Crippen molar-refractivity contribution in [3.63, 3.8) is 0 Å². The molecule has 0 atom stereocenters. The average molecular weight is 191 g/mol. The van der Waals surface area contributed by atoms with Crippen molar-refractivity contribution in [3.8, 4) is 0 Å². The fourth-order valence-electron chi connectivity index (χ4n) is 1.07. The Morgan fingerprint density at radius 2 is 1.77 bits per heavy atom. The molecule has 0 spiro atoms. The molecule has 80 valence electrons. The molecular weight excluding hydrogens is 170 g/mol. The summed E-state index contributed by atoms with van der Waals surface area (Å²) in [5.41, 5.74) is 0. The minimum absolute atomic E-state index is 0.132. The molecule has 13 heavy (non-hydrogen) atoms. The van der Waals surface area contributed by atoms with Crippen LogP contribution in [0.2, 0.25) is 0 Å². The van der Waals surface area contributed by atoms with Crippen LogP contribution in [0.15, 0.2) is 0 Å². The summed E-state index contributed by atoms with van der Waals surface area (Å²) in [4.78, 5) is 2.16. The molecule has 0 aliphatic rings. The van der Waals surface area contributed by atoms with Crippen molar-refractivity contribution in [1.29, 1.82) is 0 Å². The molecule has 0 aromatic carbocycles. The third-order valence-electron chi connectivity index (χ3n) is 1.87. The highest BCUT2D eigenvalue weighted by molar-refractivity contribution is 4.54. The summed E-state index contributed by atoms with van der Waals surface area (Å²) in [7, 11) is 7.06. The summed E-state index contributed by atoms with van der Waals surface area (Å²) in [6.45, 7) is 2.59. The first kappa shape index (κ1) is 12.8. The minimum Gasteiger partial charge on any atom is -0.385 e. The van der Waals surface area contributed by atoms with Crippen LogP contribution >= 0.6 is 0 Å². The Balaban J connectivity index is 3.42. The molecule has 0 saturated heterocycles. The van der Waals surface area contributed by atoms with E-state index in [0.717, 1.165) is 26.1 Å². The molecule has 0 unspecified atom stereocenters. The fraction of sp³-hybridized carbons (Fsp3) is 1.00. The summed E-state index contributed by atoms with van der Waals surface area (Å²) in [6.07, 6.45) is 0.903. The van der Waals surface area contributed by atoms with Gasteiger partial charge >= 0.3 is 0 Å². The van der Waals surface area contributed by atoms with Crippen LogP contribution in [0.4, 0.5) is 0 Å². The van der Waals surface area contributed by atoms with Crippen molar-refractivity contribution < 1.29 is 14.2 Å². The first-order valence-electron chi connectivity index (χ1n) is 4.47. The molecule has 0 aliphatic heterocycles. The summed E-state index contributed by atoms with van der Waals surface area (Å²) in [5, 5.41) is 0. The van der Waals surface area contributed by atoms with E-state index >= 15 is 0 Å². The Bertz CT molecular complexity index is 107. The van der Waals surface area contributed by atoms with Crippen LogP contribution in [0.5, 0.6) is 0 Å². The SMILES string of the molecule is COCCCN(C)CC(OC)OC. The monoisotopic (exact) mass is 191 g/mol. The van der Waals surface area contributed by atoms with Crippen molar-refractivity contribution in [2.75, 3.05) is 48.1 Å². The van der Waals surface area contributed by atoms with E-state index in [0.29, 0.717) is 0 Å². The van der Waals surface area contributed by atoms with Crippen LogP contribution in [0.25, 0.3) is 0 Å². The van der Waals surface area contributed by atoms with E-state index in [1.807, 2.05) is 7.05 Å². The molecule has 0 heterocycles. The minimum atomic E-state index is -0.132. The Labute approximate surface area is 80.8 Å². The number of hydrogen-bond donors (Lipinski definition) is 0. The second kappa shape index (κ2) is 8.44. The van der Waals surface area contributed by atoms with Gasteiger partial charge in [0.05, 0.1) is 0 Å². The molecule has 0 radical (unpaired) electrons. The van der Waals surface area contributed by atoms with E-state index in [4.69, 9.17) is 14.2 Å². The quantitative estimate of drug-likeness (QED) is 0.415. The van der Waals surface area contributed by atoms with Gasteiger partial charge in [-0.2, -0.15) is 0 Å². The number of rotatable bonds is 8. The van der Waals surface area contributed by atoms with Gasteiger partial charge < -0.3 is 19.1 Å². The predicted octanol–water partition coefficient (Wildman–Crippen LogP) is 0.574. The predicted molar refractivity (Wildman–Crippen MR) is 51.8 cm³/mol. The Morgan fingerprint density at radius 1 is 1.15 bits per heavy atom. The van der Waals surface area contributed by atoms with E-state index in [1.54, 1.807) is 21.3 Å². The van der Waals surface area contributed by atoms with Gasteiger partial charge in [-0.15, -0.1) is 0 Å². The van der Waals surface area contributed by atoms with Gasteiger partial charge in [-0.1, -0.05) is 0 Å². The van der Waals surface area contributed by atoms with E-state index in [-0.39, 0.29) is 6.29 Å². The van der Waals surface area contributed by atoms with Crippen molar-refractivity contribution in [3.05, 3.63) is 0 Å². The second-order valence-electron chi connectivity index (χ2n) is 3.01. The average Bonchev–Trinajstić information content (AvgIpc) is 2.14. The maximum Gasteiger partial charge on any atom is 0.169 e. The molecular formula is C9H21NO3. The highest BCUT2D eigenvalue weighted by Gasteiger charge is 2.08. The third-order valence-corrected chi connectivity index (χ3v) is 1.87. The van der Waals surface area contributed by atoms with Crippen molar-refractivity contribution in [2.45, 2.75) is 12.7 Å². The van der Waals surface area contributed by atoms with Gasteiger partial charge in [-0.3, -0.25) is 0 Å². The zero-order valence-electron chi connectivity index (χ0n) is 9.08. The van der Waals surface area contributed by atoms with Gasteiger partial charge in [0.25, 0.3) is 0 Å². The molecule has 0 aliphatic carbocycles. The number of ether oxygens (including phenoxy) is 3. The Morgan fingerprint density at radius 3 is 2.23 bits per heavy atom. The van der Waals surface area contributed by atoms with Gasteiger partial charge in [0, 0.05) is 41.0 Å². The molecule has 0 aromatic rings. The zero-order valence-corrected chi connectivity index (χ0v) is 9.08. The van der Waals surface area contributed by atoms with E-state index in [1.165, 1.54) is 0 Å². The highest BCUT2D eigenvalue weighted by atomic mass is 16.7. The van der Waals surface area contributed by atoms with Crippen LogP contribution in [0.1, 0.15) is 6.42 Å². The first-order valence-corrected chi connectivity index (χ1v) is 4.47. The van der Waals surface area contributed by atoms with Crippen molar-refractivity contribution in [2.24, 2.45) is 0 Å². The first-order chi connectivity index (χ1) is 6.24. The highest BCUT2D eigenvalue weighted by Crippen LogP contribution is 1.95. The van der Waals surface area contributed by atoms with Crippen LogP contribution in [0, 0.1) is 0 Å². The van der Waals surface area contributed by atoms with Crippen LogP contribution < -0.4 is 0 Å². The van der Waals surface area contributed by atoms with E-state index in [9.17, 15) is 0 Å². The number of nitrogens with zero attached hydrogens (tertiary/aromatic N) is 1. The maximum absolute atomic E-state index is 5.08. The Hall–Kier alpha value is -0.160. The lowest BCUT2D eigenvalue weighted by molar-refractivity contribution is -0.113. The molecule has 4 heteroatoms. The summed E-state index contributed by atoms with van der Waals surface area (Å²) in [6, 6.07) is 0. The molecule has 0 N–H and O–H groups in total. The molecule has 0 aromatic heterocycles. The van der Waals surface area contributed by atoms with Crippen molar-refractivity contribution >= 4 is 0 Å².